The Labute approximate surface area is 50.1 Å². The SMILES string of the molecule is CC[C@H]1C[C@@H]1C(C)=O. The van der Waals surface area contributed by atoms with Crippen molar-refractivity contribution in [2.75, 3.05) is 0 Å². The molecule has 46 valence electrons. The van der Waals surface area contributed by atoms with Gasteiger partial charge in [-0.25, -0.2) is 0 Å². The van der Waals surface area contributed by atoms with Gasteiger partial charge in [0.2, 0.25) is 0 Å². The van der Waals surface area contributed by atoms with Gasteiger partial charge in [0.05, 0.1) is 0 Å². The van der Waals surface area contributed by atoms with Crippen LogP contribution in [0.4, 0.5) is 0 Å². The number of hydrogen-bond donors (Lipinski definition) is 0. The predicted molar refractivity (Wildman–Crippen MR) is 32.6 cm³/mol. The Morgan fingerprint density at radius 2 is 2.38 bits per heavy atom. The van der Waals surface area contributed by atoms with E-state index < -0.39 is 0 Å². The molecule has 2 atom stereocenters. The van der Waals surface area contributed by atoms with Crippen LogP contribution in [-0.4, -0.2) is 5.78 Å². The molecule has 0 aromatic heterocycles. The average Bonchev–Trinajstić information content (AvgIpc) is 2.42. The number of rotatable bonds is 2. The molecular formula is C7H12O. The van der Waals surface area contributed by atoms with Gasteiger partial charge in [0, 0.05) is 5.92 Å². The molecule has 0 aromatic rings. The molecule has 1 heteroatoms. The van der Waals surface area contributed by atoms with E-state index in [4.69, 9.17) is 0 Å². The second-order valence-electron chi connectivity index (χ2n) is 2.62. The largest absolute Gasteiger partial charge is 0.300 e. The molecule has 1 fully saturated rings. The van der Waals surface area contributed by atoms with Crippen molar-refractivity contribution < 1.29 is 4.79 Å². The summed E-state index contributed by atoms with van der Waals surface area (Å²) < 4.78 is 0. The second kappa shape index (κ2) is 1.88. The molecule has 1 saturated carbocycles. The topological polar surface area (TPSA) is 17.1 Å². The molecule has 0 N–H and O–H groups in total. The van der Waals surface area contributed by atoms with Crippen molar-refractivity contribution in [1.29, 1.82) is 0 Å². The van der Waals surface area contributed by atoms with Crippen molar-refractivity contribution in [1.82, 2.24) is 0 Å². The maximum Gasteiger partial charge on any atom is 0.133 e. The number of carbonyl (C=O) groups excluding carboxylic acids is 1. The minimum Gasteiger partial charge on any atom is -0.300 e. The Morgan fingerprint density at radius 3 is 2.50 bits per heavy atom. The fourth-order valence-electron chi connectivity index (χ4n) is 1.20. The van der Waals surface area contributed by atoms with E-state index in [9.17, 15) is 4.79 Å². The van der Waals surface area contributed by atoms with Crippen LogP contribution in [0.1, 0.15) is 26.7 Å². The molecule has 8 heavy (non-hydrogen) atoms. The molecule has 0 heterocycles. The first-order valence-corrected chi connectivity index (χ1v) is 3.26. The van der Waals surface area contributed by atoms with E-state index >= 15 is 0 Å². The Balaban J connectivity index is 2.26. The first kappa shape index (κ1) is 5.80. The highest BCUT2D eigenvalue weighted by Crippen LogP contribution is 2.41. The van der Waals surface area contributed by atoms with Gasteiger partial charge in [0.1, 0.15) is 5.78 Å². The van der Waals surface area contributed by atoms with Crippen molar-refractivity contribution in [3.05, 3.63) is 0 Å². The van der Waals surface area contributed by atoms with Gasteiger partial charge in [-0.3, -0.25) is 4.79 Å². The third-order valence-electron chi connectivity index (χ3n) is 1.97. The lowest BCUT2D eigenvalue weighted by atomic mass is 10.2. The van der Waals surface area contributed by atoms with Gasteiger partial charge in [-0.05, 0) is 19.3 Å². The summed E-state index contributed by atoms with van der Waals surface area (Å²) in [6.45, 7) is 3.84. The van der Waals surface area contributed by atoms with Crippen molar-refractivity contribution in [3.8, 4) is 0 Å². The van der Waals surface area contributed by atoms with Crippen LogP contribution < -0.4 is 0 Å². The van der Waals surface area contributed by atoms with Crippen LogP contribution >= 0.6 is 0 Å². The summed E-state index contributed by atoms with van der Waals surface area (Å²) in [6.07, 6.45) is 2.34. The van der Waals surface area contributed by atoms with Gasteiger partial charge in [-0.15, -0.1) is 0 Å². The summed E-state index contributed by atoms with van der Waals surface area (Å²) in [7, 11) is 0. The molecular weight excluding hydrogens is 100 g/mol. The van der Waals surface area contributed by atoms with E-state index in [1.807, 2.05) is 0 Å². The number of ketones is 1. The van der Waals surface area contributed by atoms with Crippen molar-refractivity contribution >= 4 is 5.78 Å². The third-order valence-corrected chi connectivity index (χ3v) is 1.97. The predicted octanol–water partition coefficient (Wildman–Crippen LogP) is 1.62. The highest BCUT2D eigenvalue weighted by Gasteiger charge is 2.38. The molecule has 0 saturated heterocycles. The summed E-state index contributed by atoms with van der Waals surface area (Å²) in [5, 5.41) is 0. The van der Waals surface area contributed by atoms with Crippen LogP contribution in [0.15, 0.2) is 0 Å². The van der Waals surface area contributed by atoms with Crippen molar-refractivity contribution in [2.45, 2.75) is 26.7 Å². The maximum atomic E-state index is 10.6. The summed E-state index contributed by atoms with van der Waals surface area (Å²) in [6, 6.07) is 0. The third kappa shape index (κ3) is 0.908. The van der Waals surface area contributed by atoms with Crippen LogP contribution in [-0.2, 0) is 4.79 Å². The van der Waals surface area contributed by atoms with Crippen LogP contribution in [0.3, 0.4) is 0 Å². The summed E-state index contributed by atoms with van der Waals surface area (Å²) in [4.78, 5) is 10.6. The van der Waals surface area contributed by atoms with E-state index in [0.29, 0.717) is 11.7 Å². The quantitative estimate of drug-likeness (QED) is 0.530. The first-order chi connectivity index (χ1) is 3.75. The highest BCUT2D eigenvalue weighted by atomic mass is 16.1. The number of hydrogen-bond acceptors (Lipinski definition) is 1. The van der Waals surface area contributed by atoms with Gasteiger partial charge in [-0.2, -0.15) is 0 Å². The molecule has 0 spiro atoms. The molecule has 0 radical (unpaired) electrons. The smallest absolute Gasteiger partial charge is 0.133 e. The zero-order valence-corrected chi connectivity index (χ0v) is 5.48. The molecule has 1 aliphatic rings. The zero-order valence-electron chi connectivity index (χ0n) is 5.48. The highest BCUT2D eigenvalue weighted by molar-refractivity contribution is 5.81. The van der Waals surface area contributed by atoms with Gasteiger partial charge in [0.25, 0.3) is 0 Å². The van der Waals surface area contributed by atoms with Crippen LogP contribution in [0, 0.1) is 11.8 Å². The van der Waals surface area contributed by atoms with E-state index in [-0.39, 0.29) is 0 Å². The van der Waals surface area contributed by atoms with E-state index in [1.54, 1.807) is 6.92 Å². The van der Waals surface area contributed by atoms with E-state index in [0.717, 1.165) is 12.3 Å². The number of Topliss-reactive ketones (excluding diaryl/α,β-unsaturated/α-hetero) is 1. The monoisotopic (exact) mass is 112 g/mol. The van der Waals surface area contributed by atoms with Crippen LogP contribution in [0.5, 0.6) is 0 Å². The Hall–Kier alpha value is -0.330. The Morgan fingerprint density at radius 1 is 1.75 bits per heavy atom. The first-order valence-electron chi connectivity index (χ1n) is 3.26. The molecule has 0 aliphatic heterocycles. The molecule has 1 aliphatic carbocycles. The van der Waals surface area contributed by atoms with Gasteiger partial charge < -0.3 is 0 Å². The van der Waals surface area contributed by atoms with Crippen LogP contribution in [0.2, 0.25) is 0 Å². The normalized spacial score (nSPS) is 34.8. The Bertz CT molecular complexity index is 107. The molecule has 1 rings (SSSR count). The maximum absolute atomic E-state index is 10.6. The average molecular weight is 112 g/mol. The van der Waals surface area contributed by atoms with Gasteiger partial charge in [-0.1, -0.05) is 13.3 Å². The van der Waals surface area contributed by atoms with E-state index in [2.05, 4.69) is 6.92 Å². The van der Waals surface area contributed by atoms with Gasteiger partial charge >= 0.3 is 0 Å². The molecule has 0 amide bonds. The van der Waals surface area contributed by atoms with E-state index in [1.165, 1.54) is 6.42 Å². The minimum atomic E-state index is 0.386. The van der Waals surface area contributed by atoms with Crippen molar-refractivity contribution in [2.24, 2.45) is 11.8 Å². The molecule has 0 unspecified atom stereocenters. The second-order valence-corrected chi connectivity index (χ2v) is 2.62. The molecule has 0 aromatic carbocycles. The molecule has 0 bridgehead atoms. The Kier molecular flexibility index (Phi) is 1.37. The fraction of sp³-hybridized carbons (Fsp3) is 0.857. The summed E-state index contributed by atoms with van der Waals surface area (Å²) in [5.41, 5.74) is 0. The fourth-order valence-corrected chi connectivity index (χ4v) is 1.20. The standard InChI is InChI=1S/C7H12O/c1-3-6-4-7(6)5(2)8/h6-7H,3-4H2,1-2H3/t6-,7+/m0/s1. The lowest BCUT2D eigenvalue weighted by Gasteiger charge is -1.85. The summed E-state index contributed by atoms with van der Waals surface area (Å²) in [5.74, 6) is 1.57. The molecule has 1 nitrogen and oxygen atoms in total. The van der Waals surface area contributed by atoms with Gasteiger partial charge in [0.15, 0.2) is 0 Å². The zero-order chi connectivity index (χ0) is 6.15. The number of carbonyl (C=O) groups is 1. The summed E-state index contributed by atoms with van der Waals surface area (Å²) >= 11 is 0. The lowest BCUT2D eigenvalue weighted by Crippen LogP contribution is -1.93. The van der Waals surface area contributed by atoms with Crippen molar-refractivity contribution in [3.63, 3.8) is 0 Å². The van der Waals surface area contributed by atoms with Crippen LogP contribution in [0.25, 0.3) is 0 Å². The lowest BCUT2D eigenvalue weighted by molar-refractivity contribution is -0.118. The minimum absolute atomic E-state index is 0.386.